The number of rotatable bonds is 4. The lowest BCUT2D eigenvalue weighted by Gasteiger charge is -2.05. The average molecular weight is 252 g/mol. The Morgan fingerprint density at radius 1 is 1.65 bits per heavy atom. The molecule has 6 nitrogen and oxygen atoms in total. The maximum absolute atomic E-state index is 10.8. The lowest BCUT2D eigenvalue weighted by Crippen LogP contribution is -2.05. The van der Waals surface area contributed by atoms with Crippen molar-refractivity contribution in [2.75, 3.05) is 5.32 Å². The minimum absolute atomic E-state index is 0.137. The first-order valence-electron chi connectivity index (χ1n) is 5.02. The number of nitrogens with zero attached hydrogens (tertiary/aromatic N) is 3. The van der Waals surface area contributed by atoms with Crippen LogP contribution in [0, 0.1) is 17.0 Å². The van der Waals surface area contributed by atoms with Crippen LogP contribution in [-0.2, 0) is 13.6 Å². The first-order valence-corrected chi connectivity index (χ1v) is 5.90. The molecule has 2 heterocycles. The summed E-state index contributed by atoms with van der Waals surface area (Å²) in [5, 5.41) is 15.8. The molecule has 0 spiro atoms. The highest BCUT2D eigenvalue weighted by Crippen LogP contribution is 2.23. The average Bonchev–Trinajstić information content (AvgIpc) is 2.82. The van der Waals surface area contributed by atoms with Gasteiger partial charge in [-0.2, -0.15) is 0 Å². The van der Waals surface area contributed by atoms with Crippen molar-refractivity contribution in [1.82, 2.24) is 9.55 Å². The summed E-state index contributed by atoms with van der Waals surface area (Å²) in [7, 11) is 1.73. The summed E-state index contributed by atoms with van der Waals surface area (Å²) < 4.78 is 1.61. The van der Waals surface area contributed by atoms with Gasteiger partial charge in [0.15, 0.2) is 0 Å². The number of nitro groups is 1. The maximum atomic E-state index is 10.8. The summed E-state index contributed by atoms with van der Waals surface area (Å²) >= 11 is 1.63. The Hall–Kier alpha value is -1.89. The SMILES string of the molecule is Cc1ccsc1CNc1c([N+](=O)[O-])ncn1C. The highest BCUT2D eigenvalue weighted by atomic mass is 32.1. The van der Waals surface area contributed by atoms with Gasteiger partial charge >= 0.3 is 5.82 Å². The van der Waals surface area contributed by atoms with Crippen molar-refractivity contribution in [2.24, 2.45) is 7.05 Å². The Labute approximate surface area is 102 Å². The van der Waals surface area contributed by atoms with E-state index in [0.29, 0.717) is 12.4 Å². The summed E-state index contributed by atoms with van der Waals surface area (Å²) in [5.74, 6) is 0.296. The number of hydrogen-bond acceptors (Lipinski definition) is 5. The van der Waals surface area contributed by atoms with E-state index in [-0.39, 0.29) is 5.82 Å². The van der Waals surface area contributed by atoms with Gasteiger partial charge in [-0.25, -0.2) is 0 Å². The number of imidazole rings is 1. The Bertz CT molecular complexity index is 546. The Morgan fingerprint density at radius 2 is 2.41 bits per heavy atom. The lowest BCUT2D eigenvalue weighted by atomic mass is 10.3. The van der Waals surface area contributed by atoms with Crippen LogP contribution < -0.4 is 5.32 Å². The second-order valence-corrected chi connectivity index (χ2v) is 4.67. The van der Waals surface area contributed by atoms with Gasteiger partial charge in [0.1, 0.15) is 0 Å². The molecule has 0 aliphatic heterocycles. The molecule has 0 fully saturated rings. The molecule has 2 aromatic rings. The van der Waals surface area contributed by atoms with Crippen LogP contribution in [0.1, 0.15) is 10.4 Å². The van der Waals surface area contributed by atoms with Gasteiger partial charge in [0.05, 0.1) is 6.54 Å². The molecule has 0 saturated carbocycles. The zero-order valence-corrected chi connectivity index (χ0v) is 10.3. The summed E-state index contributed by atoms with van der Waals surface area (Å²) in [5.41, 5.74) is 1.19. The number of anilines is 1. The molecule has 0 amide bonds. The first kappa shape index (κ1) is 11.6. The fourth-order valence-corrected chi connectivity index (χ4v) is 2.35. The van der Waals surface area contributed by atoms with Crippen LogP contribution in [0.3, 0.4) is 0 Å². The van der Waals surface area contributed by atoms with E-state index in [2.05, 4.69) is 10.3 Å². The fourth-order valence-electron chi connectivity index (χ4n) is 1.50. The molecule has 7 heteroatoms. The molecule has 0 aliphatic carbocycles. The van der Waals surface area contributed by atoms with Gasteiger partial charge in [-0.05, 0) is 33.8 Å². The minimum Gasteiger partial charge on any atom is -0.359 e. The van der Waals surface area contributed by atoms with Crippen molar-refractivity contribution in [2.45, 2.75) is 13.5 Å². The number of aromatic nitrogens is 2. The summed E-state index contributed by atoms with van der Waals surface area (Å²) in [6, 6.07) is 2.03. The minimum atomic E-state index is -0.483. The molecule has 0 saturated heterocycles. The van der Waals surface area contributed by atoms with Crippen molar-refractivity contribution in [3.05, 3.63) is 38.3 Å². The molecule has 2 aromatic heterocycles. The molecule has 0 atom stereocenters. The molecule has 0 bridgehead atoms. The van der Waals surface area contributed by atoms with E-state index in [9.17, 15) is 10.1 Å². The van der Waals surface area contributed by atoms with Crippen molar-refractivity contribution in [1.29, 1.82) is 0 Å². The summed E-state index contributed by atoms with van der Waals surface area (Å²) in [6.45, 7) is 2.59. The number of nitrogens with one attached hydrogen (secondary N) is 1. The largest absolute Gasteiger partial charge is 0.406 e. The van der Waals surface area contributed by atoms with Gasteiger partial charge in [0, 0.05) is 11.9 Å². The zero-order valence-electron chi connectivity index (χ0n) is 9.51. The van der Waals surface area contributed by atoms with Crippen molar-refractivity contribution < 1.29 is 4.92 Å². The smallest absolute Gasteiger partial charge is 0.359 e. The Balaban J connectivity index is 2.16. The third-order valence-corrected chi connectivity index (χ3v) is 3.50. The third-order valence-electron chi connectivity index (χ3n) is 2.48. The number of thiophene rings is 1. The number of aryl methyl sites for hydroxylation is 2. The molecular formula is C10H12N4O2S. The van der Waals surface area contributed by atoms with Gasteiger partial charge in [0.25, 0.3) is 0 Å². The standard InChI is InChI=1S/C10H12N4O2S/c1-7-3-4-17-8(7)5-11-9-10(14(15)16)12-6-13(9)2/h3-4,6,11H,5H2,1-2H3. The fraction of sp³-hybridized carbons (Fsp3) is 0.300. The Kier molecular flexibility index (Phi) is 3.10. The van der Waals surface area contributed by atoms with E-state index in [1.807, 2.05) is 18.4 Å². The zero-order chi connectivity index (χ0) is 12.4. The monoisotopic (exact) mass is 252 g/mol. The van der Waals surface area contributed by atoms with Crippen LogP contribution in [0.25, 0.3) is 0 Å². The van der Waals surface area contributed by atoms with Crippen molar-refractivity contribution in [3.8, 4) is 0 Å². The molecule has 0 aliphatic rings. The molecule has 0 radical (unpaired) electrons. The van der Waals surface area contributed by atoms with Crippen LogP contribution in [0.5, 0.6) is 0 Å². The van der Waals surface area contributed by atoms with Crippen LogP contribution in [0.15, 0.2) is 17.8 Å². The molecule has 2 rings (SSSR count). The van der Waals surface area contributed by atoms with Crippen LogP contribution >= 0.6 is 11.3 Å². The van der Waals surface area contributed by atoms with E-state index < -0.39 is 4.92 Å². The second kappa shape index (κ2) is 4.54. The topological polar surface area (TPSA) is 73.0 Å². The number of hydrogen-bond donors (Lipinski definition) is 1. The van der Waals surface area contributed by atoms with Crippen LogP contribution in [-0.4, -0.2) is 14.5 Å². The predicted molar refractivity (Wildman–Crippen MR) is 66.2 cm³/mol. The summed E-state index contributed by atoms with van der Waals surface area (Å²) in [4.78, 5) is 15.2. The van der Waals surface area contributed by atoms with Gasteiger partial charge in [-0.15, -0.1) is 11.3 Å². The van der Waals surface area contributed by atoms with Crippen molar-refractivity contribution >= 4 is 23.0 Å². The van der Waals surface area contributed by atoms with E-state index in [0.717, 1.165) is 0 Å². The third kappa shape index (κ3) is 2.28. The van der Waals surface area contributed by atoms with Crippen molar-refractivity contribution in [3.63, 3.8) is 0 Å². The van der Waals surface area contributed by atoms with Gasteiger partial charge in [-0.1, -0.05) is 0 Å². The predicted octanol–water partition coefficient (Wildman–Crippen LogP) is 2.31. The van der Waals surface area contributed by atoms with E-state index in [4.69, 9.17) is 0 Å². The maximum Gasteiger partial charge on any atom is 0.406 e. The van der Waals surface area contributed by atoms with E-state index in [1.54, 1.807) is 23.0 Å². The van der Waals surface area contributed by atoms with Crippen LogP contribution in [0.4, 0.5) is 11.6 Å². The molecule has 1 N–H and O–H groups in total. The molecular weight excluding hydrogens is 240 g/mol. The molecule has 17 heavy (non-hydrogen) atoms. The quantitative estimate of drug-likeness (QED) is 0.669. The lowest BCUT2D eigenvalue weighted by molar-refractivity contribution is -0.388. The highest BCUT2D eigenvalue weighted by Gasteiger charge is 2.19. The van der Waals surface area contributed by atoms with Gasteiger partial charge < -0.3 is 15.4 Å². The second-order valence-electron chi connectivity index (χ2n) is 3.67. The van der Waals surface area contributed by atoms with Crippen LogP contribution in [0.2, 0.25) is 0 Å². The normalized spacial score (nSPS) is 10.5. The summed E-state index contributed by atoms with van der Waals surface area (Å²) in [6.07, 6.45) is 1.43. The first-order chi connectivity index (χ1) is 8.09. The molecule has 0 unspecified atom stereocenters. The van der Waals surface area contributed by atoms with E-state index in [1.165, 1.54) is 16.8 Å². The Morgan fingerprint density at radius 3 is 3.00 bits per heavy atom. The van der Waals surface area contributed by atoms with Gasteiger partial charge in [0.2, 0.25) is 12.1 Å². The molecule has 0 aromatic carbocycles. The van der Waals surface area contributed by atoms with E-state index >= 15 is 0 Å². The van der Waals surface area contributed by atoms with Gasteiger partial charge in [-0.3, -0.25) is 4.57 Å². The highest BCUT2D eigenvalue weighted by molar-refractivity contribution is 7.10. The molecule has 90 valence electrons.